The van der Waals surface area contributed by atoms with Gasteiger partial charge in [-0.2, -0.15) is 0 Å². The van der Waals surface area contributed by atoms with Crippen LogP contribution in [0.2, 0.25) is 0 Å². The van der Waals surface area contributed by atoms with Gasteiger partial charge in [0.2, 0.25) is 0 Å². The summed E-state index contributed by atoms with van der Waals surface area (Å²) in [5.74, 6) is -1.56. The maximum atomic E-state index is 14.1. The molecule has 0 fully saturated rings. The third kappa shape index (κ3) is 4.99. The molecule has 0 aliphatic heterocycles. The molecular formula is C21H18FN3O3. The molecule has 3 aromatic carbocycles. The standard InChI is InChI=1S/C21H18FN3O3/c22-20-12-11-18(25(27)28)13-19(20)21(26)23-24(14-16-7-3-1-4-8-16)15-17-9-5-2-6-10-17/h1-13H,14-15H2,(H,23,26). The molecule has 1 N–H and O–H groups in total. The summed E-state index contributed by atoms with van der Waals surface area (Å²) in [6.45, 7) is 0.774. The zero-order valence-corrected chi connectivity index (χ0v) is 14.9. The van der Waals surface area contributed by atoms with Crippen LogP contribution < -0.4 is 5.43 Å². The summed E-state index contributed by atoms with van der Waals surface area (Å²) in [7, 11) is 0. The Balaban J connectivity index is 1.83. The molecule has 0 saturated heterocycles. The lowest BCUT2D eigenvalue weighted by molar-refractivity contribution is -0.384. The SMILES string of the molecule is O=C(NN(Cc1ccccc1)Cc1ccccc1)c1cc([N+](=O)[O-])ccc1F. The monoisotopic (exact) mass is 379 g/mol. The van der Waals surface area contributed by atoms with Crippen molar-refractivity contribution in [2.75, 3.05) is 0 Å². The first-order valence-electron chi connectivity index (χ1n) is 8.60. The van der Waals surface area contributed by atoms with Gasteiger partial charge in [0.05, 0.1) is 10.5 Å². The zero-order valence-electron chi connectivity index (χ0n) is 14.9. The Bertz CT molecular complexity index is 924. The molecule has 0 spiro atoms. The van der Waals surface area contributed by atoms with Gasteiger partial charge in [-0.3, -0.25) is 20.3 Å². The van der Waals surface area contributed by atoms with Crippen molar-refractivity contribution >= 4 is 11.6 Å². The van der Waals surface area contributed by atoms with E-state index < -0.39 is 16.6 Å². The van der Waals surface area contributed by atoms with Gasteiger partial charge in [0, 0.05) is 25.2 Å². The number of carbonyl (C=O) groups excluding carboxylic acids is 1. The fraction of sp³-hybridized carbons (Fsp3) is 0.0952. The Morgan fingerprint density at radius 1 is 0.929 bits per heavy atom. The van der Waals surface area contributed by atoms with Crippen LogP contribution in [-0.4, -0.2) is 15.8 Å². The Morgan fingerprint density at radius 3 is 1.96 bits per heavy atom. The molecule has 6 nitrogen and oxygen atoms in total. The number of nitrogens with one attached hydrogen (secondary N) is 1. The molecule has 28 heavy (non-hydrogen) atoms. The van der Waals surface area contributed by atoms with Crippen molar-refractivity contribution in [2.45, 2.75) is 13.1 Å². The molecule has 0 aliphatic rings. The fourth-order valence-corrected chi connectivity index (χ4v) is 2.75. The van der Waals surface area contributed by atoms with Crippen LogP contribution in [0, 0.1) is 15.9 Å². The molecule has 7 heteroatoms. The molecule has 0 aliphatic carbocycles. The number of nitro groups is 1. The second kappa shape index (κ2) is 8.88. The first-order valence-corrected chi connectivity index (χ1v) is 8.60. The summed E-state index contributed by atoms with van der Waals surface area (Å²) in [6.07, 6.45) is 0. The summed E-state index contributed by atoms with van der Waals surface area (Å²) < 4.78 is 14.1. The zero-order chi connectivity index (χ0) is 19.9. The van der Waals surface area contributed by atoms with Crippen LogP contribution in [0.5, 0.6) is 0 Å². The minimum absolute atomic E-state index is 0.343. The topological polar surface area (TPSA) is 75.5 Å². The van der Waals surface area contributed by atoms with Crippen molar-refractivity contribution in [1.82, 2.24) is 10.4 Å². The Kier molecular flexibility index (Phi) is 6.08. The number of hydrogen-bond donors (Lipinski definition) is 1. The second-order valence-corrected chi connectivity index (χ2v) is 6.19. The van der Waals surface area contributed by atoms with Gasteiger partial charge in [0.25, 0.3) is 11.6 Å². The number of nitrogens with zero attached hydrogens (tertiary/aromatic N) is 2. The Morgan fingerprint density at radius 2 is 1.46 bits per heavy atom. The van der Waals surface area contributed by atoms with Gasteiger partial charge in [0.1, 0.15) is 5.82 Å². The molecule has 0 radical (unpaired) electrons. The van der Waals surface area contributed by atoms with Crippen LogP contribution in [0.15, 0.2) is 78.9 Å². The number of hydrogen-bond acceptors (Lipinski definition) is 4. The van der Waals surface area contributed by atoms with Crippen molar-refractivity contribution in [1.29, 1.82) is 0 Å². The van der Waals surface area contributed by atoms with Gasteiger partial charge in [-0.05, 0) is 17.2 Å². The highest BCUT2D eigenvalue weighted by atomic mass is 19.1. The summed E-state index contributed by atoms with van der Waals surface area (Å²) in [4.78, 5) is 22.9. The molecular weight excluding hydrogens is 361 g/mol. The Hall–Kier alpha value is -3.58. The third-order valence-corrected chi connectivity index (χ3v) is 4.10. The van der Waals surface area contributed by atoms with Gasteiger partial charge in [0.15, 0.2) is 0 Å². The highest BCUT2D eigenvalue weighted by Crippen LogP contribution is 2.17. The van der Waals surface area contributed by atoms with Gasteiger partial charge < -0.3 is 0 Å². The minimum Gasteiger partial charge on any atom is -0.284 e. The van der Waals surface area contributed by atoms with Crippen LogP contribution in [0.3, 0.4) is 0 Å². The lowest BCUT2D eigenvalue weighted by Crippen LogP contribution is -2.41. The highest BCUT2D eigenvalue weighted by molar-refractivity contribution is 5.94. The van der Waals surface area contributed by atoms with E-state index >= 15 is 0 Å². The van der Waals surface area contributed by atoms with E-state index in [0.29, 0.717) is 13.1 Å². The van der Waals surface area contributed by atoms with Crippen molar-refractivity contribution in [2.24, 2.45) is 0 Å². The molecule has 0 saturated carbocycles. The number of non-ortho nitro benzene ring substituents is 1. The predicted octanol–water partition coefficient (Wildman–Crippen LogP) is 4.08. The summed E-state index contributed by atoms with van der Waals surface area (Å²) in [5, 5.41) is 12.6. The third-order valence-electron chi connectivity index (χ3n) is 4.10. The second-order valence-electron chi connectivity index (χ2n) is 6.19. The van der Waals surface area contributed by atoms with Crippen LogP contribution in [0.4, 0.5) is 10.1 Å². The number of carbonyl (C=O) groups is 1. The van der Waals surface area contributed by atoms with E-state index in [1.54, 1.807) is 5.01 Å². The summed E-state index contributed by atoms with van der Waals surface area (Å²) in [6, 6.07) is 21.9. The fourth-order valence-electron chi connectivity index (χ4n) is 2.75. The maximum Gasteiger partial charge on any atom is 0.270 e. The van der Waals surface area contributed by atoms with Gasteiger partial charge in [-0.1, -0.05) is 60.7 Å². The number of hydrazine groups is 1. The van der Waals surface area contributed by atoms with Crippen LogP contribution in [0.1, 0.15) is 21.5 Å². The first-order chi connectivity index (χ1) is 13.5. The molecule has 3 aromatic rings. The molecule has 0 bridgehead atoms. The number of amides is 1. The number of rotatable bonds is 7. The number of nitro benzene ring substituents is 1. The average Bonchev–Trinajstić information content (AvgIpc) is 2.69. The summed E-state index contributed by atoms with van der Waals surface area (Å²) in [5.41, 5.74) is 3.86. The lowest BCUT2D eigenvalue weighted by Gasteiger charge is -2.23. The largest absolute Gasteiger partial charge is 0.284 e. The quantitative estimate of drug-likeness (QED) is 0.496. The Labute approximate surface area is 161 Å². The maximum absolute atomic E-state index is 14.1. The van der Waals surface area contributed by atoms with Gasteiger partial charge in [-0.15, -0.1) is 0 Å². The predicted molar refractivity (Wildman–Crippen MR) is 103 cm³/mol. The van der Waals surface area contributed by atoms with E-state index in [-0.39, 0.29) is 11.3 Å². The van der Waals surface area contributed by atoms with E-state index in [0.717, 1.165) is 29.3 Å². The van der Waals surface area contributed by atoms with E-state index in [2.05, 4.69) is 5.43 Å². The molecule has 3 rings (SSSR count). The molecule has 0 heterocycles. The molecule has 0 aromatic heterocycles. The van der Waals surface area contributed by atoms with E-state index in [1.807, 2.05) is 60.7 Å². The van der Waals surface area contributed by atoms with Gasteiger partial charge in [-0.25, -0.2) is 9.40 Å². The molecule has 142 valence electrons. The van der Waals surface area contributed by atoms with E-state index in [9.17, 15) is 19.3 Å². The van der Waals surface area contributed by atoms with Crippen molar-refractivity contribution in [3.05, 3.63) is 111 Å². The molecule has 0 atom stereocenters. The minimum atomic E-state index is -0.817. The molecule has 0 unspecified atom stereocenters. The van der Waals surface area contributed by atoms with Crippen molar-refractivity contribution < 1.29 is 14.1 Å². The van der Waals surface area contributed by atoms with E-state index in [1.165, 1.54) is 0 Å². The number of benzene rings is 3. The highest BCUT2D eigenvalue weighted by Gasteiger charge is 2.19. The smallest absolute Gasteiger partial charge is 0.270 e. The van der Waals surface area contributed by atoms with Crippen LogP contribution >= 0.6 is 0 Å². The van der Waals surface area contributed by atoms with Gasteiger partial charge >= 0.3 is 0 Å². The summed E-state index contributed by atoms with van der Waals surface area (Å²) >= 11 is 0. The van der Waals surface area contributed by atoms with Crippen molar-refractivity contribution in [3.8, 4) is 0 Å². The van der Waals surface area contributed by atoms with Crippen LogP contribution in [-0.2, 0) is 13.1 Å². The average molecular weight is 379 g/mol. The lowest BCUT2D eigenvalue weighted by atomic mass is 10.1. The van der Waals surface area contributed by atoms with Crippen LogP contribution in [0.25, 0.3) is 0 Å². The number of halogens is 1. The van der Waals surface area contributed by atoms with E-state index in [4.69, 9.17) is 0 Å². The van der Waals surface area contributed by atoms with Crippen molar-refractivity contribution in [3.63, 3.8) is 0 Å². The molecule has 1 amide bonds. The first kappa shape index (κ1) is 19.2. The normalized spacial score (nSPS) is 10.6.